The molecule has 1 aliphatic rings. The van der Waals surface area contributed by atoms with E-state index < -0.39 is 90.5 Å². The van der Waals surface area contributed by atoms with Gasteiger partial charge in [-0.3, -0.25) is 28.8 Å². The van der Waals surface area contributed by atoms with Crippen molar-refractivity contribution in [1.29, 1.82) is 0 Å². The Labute approximate surface area is 248 Å². The van der Waals surface area contributed by atoms with E-state index in [4.69, 9.17) is 10.8 Å². The van der Waals surface area contributed by atoms with E-state index in [0.29, 0.717) is 18.4 Å². The summed E-state index contributed by atoms with van der Waals surface area (Å²) >= 11 is 0. The van der Waals surface area contributed by atoms with Gasteiger partial charge in [0.05, 0.1) is 18.9 Å². The maximum atomic E-state index is 13.7. The van der Waals surface area contributed by atoms with Crippen LogP contribution < -0.4 is 21.7 Å². The molecule has 0 aliphatic carbocycles. The Kier molecular flexibility index (Phi) is 13.1. The number of carbonyl (C=O) groups excluding carboxylic acids is 4. The van der Waals surface area contributed by atoms with Crippen LogP contribution in [0.4, 0.5) is 0 Å². The first-order valence-electron chi connectivity index (χ1n) is 13.9. The normalized spacial score (nSPS) is 17.9. The van der Waals surface area contributed by atoms with Crippen molar-refractivity contribution in [3.8, 4) is 0 Å². The third kappa shape index (κ3) is 10.4. The number of hydrogen-bond donors (Lipinski definition) is 7. The average Bonchev–Trinajstić information content (AvgIpc) is 3.44. The molecular weight excluding hydrogens is 566 g/mol. The van der Waals surface area contributed by atoms with Crippen LogP contribution in [-0.2, 0) is 40.0 Å². The van der Waals surface area contributed by atoms with Crippen LogP contribution in [-0.4, -0.2) is 98.5 Å². The number of carboxylic acid groups (broad SMARTS) is 3. The first-order chi connectivity index (χ1) is 20.2. The predicted molar refractivity (Wildman–Crippen MR) is 150 cm³/mol. The first kappa shape index (κ1) is 34.7. The SMILES string of the molecule is CC[C@H](C)[C@H](NC(=O)[C@H](CC(=O)O)NC(=O)[C@@H](N)CC(=O)O)C(=O)N1CCC[C@H]1C(=O)N[C@@H](Cc1ccccc1)C(=O)O. The standard InChI is InChI=1S/C28H39N5O10/c1-3-15(2)23(32-25(39)18(14-22(36)37)30-24(38)17(29)13-21(34)35)27(41)33-11-7-10-20(33)26(40)31-19(28(42)43)12-16-8-5-4-6-9-16/h4-6,8-9,15,17-20,23H,3,7,10-14,29H2,1-2H3,(H,30,38)(H,31,40)(H,32,39)(H,34,35)(H,36,37)(H,42,43)/t15-,17-,18-,19-,20-,23-/m0/s1. The molecule has 0 unspecified atom stereocenters. The van der Waals surface area contributed by atoms with Gasteiger partial charge in [-0.05, 0) is 24.3 Å². The molecule has 8 N–H and O–H groups in total. The van der Waals surface area contributed by atoms with Crippen LogP contribution in [0.5, 0.6) is 0 Å². The zero-order valence-electron chi connectivity index (χ0n) is 24.0. The van der Waals surface area contributed by atoms with Crippen LogP contribution in [0.15, 0.2) is 30.3 Å². The van der Waals surface area contributed by atoms with E-state index in [1.54, 1.807) is 44.2 Å². The first-order valence-corrected chi connectivity index (χ1v) is 13.9. The summed E-state index contributed by atoms with van der Waals surface area (Å²) in [6.07, 6.45) is -0.491. The van der Waals surface area contributed by atoms with Gasteiger partial charge in [-0.1, -0.05) is 50.6 Å². The number of likely N-dealkylation sites (tertiary alicyclic amines) is 1. The summed E-state index contributed by atoms with van der Waals surface area (Å²) in [6, 6.07) is 2.04. The average molecular weight is 606 g/mol. The van der Waals surface area contributed by atoms with Gasteiger partial charge in [-0.2, -0.15) is 0 Å². The molecule has 43 heavy (non-hydrogen) atoms. The maximum Gasteiger partial charge on any atom is 0.326 e. The van der Waals surface area contributed by atoms with Gasteiger partial charge in [-0.25, -0.2) is 4.79 Å². The molecule has 1 aliphatic heterocycles. The number of nitrogens with two attached hydrogens (primary N) is 1. The number of carbonyl (C=O) groups is 7. The van der Waals surface area contributed by atoms with E-state index in [0.717, 1.165) is 0 Å². The van der Waals surface area contributed by atoms with Crippen LogP contribution in [0.1, 0.15) is 51.5 Å². The summed E-state index contributed by atoms with van der Waals surface area (Å²) in [4.78, 5) is 87.9. The monoisotopic (exact) mass is 605 g/mol. The molecule has 236 valence electrons. The van der Waals surface area contributed by atoms with Crippen LogP contribution in [0.25, 0.3) is 0 Å². The van der Waals surface area contributed by atoms with Crippen molar-refractivity contribution < 1.29 is 48.9 Å². The van der Waals surface area contributed by atoms with Crippen LogP contribution >= 0.6 is 0 Å². The maximum absolute atomic E-state index is 13.7. The van der Waals surface area contributed by atoms with Crippen molar-refractivity contribution in [2.45, 2.75) is 82.6 Å². The third-order valence-electron chi connectivity index (χ3n) is 7.26. The van der Waals surface area contributed by atoms with E-state index in [9.17, 15) is 43.8 Å². The second-order valence-corrected chi connectivity index (χ2v) is 10.5. The van der Waals surface area contributed by atoms with Crippen LogP contribution in [0, 0.1) is 5.92 Å². The number of amides is 4. The minimum Gasteiger partial charge on any atom is -0.481 e. The van der Waals surface area contributed by atoms with E-state index >= 15 is 0 Å². The molecule has 1 saturated heterocycles. The predicted octanol–water partition coefficient (Wildman–Crippen LogP) is -0.918. The lowest BCUT2D eigenvalue weighted by Crippen LogP contribution is -2.60. The molecule has 0 bridgehead atoms. The summed E-state index contributed by atoms with van der Waals surface area (Å²) in [6.45, 7) is 3.59. The highest BCUT2D eigenvalue weighted by Crippen LogP contribution is 2.22. The zero-order chi connectivity index (χ0) is 32.3. The number of rotatable bonds is 16. The second-order valence-electron chi connectivity index (χ2n) is 10.5. The Balaban J connectivity index is 2.21. The second kappa shape index (κ2) is 16.2. The fourth-order valence-electron chi connectivity index (χ4n) is 4.68. The molecule has 1 heterocycles. The molecule has 1 aromatic carbocycles. The van der Waals surface area contributed by atoms with Gasteiger partial charge in [-0.15, -0.1) is 0 Å². The van der Waals surface area contributed by atoms with Crippen molar-refractivity contribution >= 4 is 41.5 Å². The van der Waals surface area contributed by atoms with Gasteiger partial charge < -0.3 is 41.9 Å². The van der Waals surface area contributed by atoms with Gasteiger partial charge in [0.25, 0.3) is 0 Å². The minimum absolute atomic E-state index is 0.0287. The molecule has 0 saturated carbocycles. The topological polar surface area (TPSA) is 246 Å². The van der Waals surface area contributed by atoms with Crippen molar-refractivity contribution in [3.63, 3.8) is 0 Å². The molecule has 4 amide bonds. The largest absolute Gasteiger partial charge is 0.481 e. The smallest absolute Gasteiger partial charge is 0.326 e. The van der Waals surface area contributed by atoms with Gasteiger partial charge in [0.2, 0.25) is 23.6 Å². The Hall–Kier alpha value is -4.53. The number of carboxylic acids is 3. The van der Waals surface area contributed by atoms with Crippen LogP contribution in [0.3, 0.4) is 0 Å². The molecule has 15 nitrogen and oxygen atoms in total. The quantitative estimate of drug-likeness (QED) is 0.121. The molecular formula is C28H39N5O10. The molecule has 0 radical (unpaired) electrons. The third-order valence-corrected chi connectivity index (χ3v) is 7.26. The fourth-order valence-corrected chi connectivity index (χ4v) is 4.68. The highest BCUT2D eigenvalue weighted by Gasteiger charge is 2.41. The highest BCUT2D eigenvalue weighted by atomic mass is 16.4. The fraction of sp³-hybridized carbons (Fsp3) is 0.536. The summed E-state index contributed by atoms with van der Waals surface area (Å²) in [5.74, 6) is -7.90. The molecule has 1 aromatic rings. The summed E-state index contributed by atoms with van der Waals surface area (Å²) < 4.78 is 0. The van der Waals surface area contributed by atoms with Gasteiger partial charge in [0, 0.05) is 13.0 Å². The number of aliphatic carboxylic acids is 3. The lowest BCUT2D eigenvalue weighted by Gasteiger charge is -2.32. The highest BCUT2D eigenvalue weighted by molar-refractivity contribution is 5.97. The lowest BCUT2D eigenvalue weighted by molar-refractivity contribution is -0.146. The molecule has 1 fully saturated rings. The van der Waals surface area contributed by atoms with Crippen molar-refractivity contribution in [3.05, 3.63) is 35.9 Å². The van der Waals surface area contributed by atoms with E-state index in [2.05, 4.69) is 16.0 Å². The van der Waals surface area contributed by atoms with E-state index in [-0.39, 0.29) is 19.4 Å². The molecule has 2 rings (SSSR count). The Bertz CT molecular complexity index is 1190. The summed E-state index contributed by atoms with van der Waals surface area (Å²) in [7, 11) is 0. The van der Waals surface area contributed by atoms with Crippen molar-refractivity contribution in [2.75, 3.05) is 6.54 Å². The van der Waals surface area contributed by atoms with E-state index in [1.807, 2.05) is 0 Å². The van der Waals surface area contributed by atoms with Gasteiger partial charge in [0.15, 0.2) is 0 Å². The molecule has 0 spiro atoms. The zero-order valence-corrected chi connectivity index (χ0v) is 24.0. The number of benzene rings is 1. The molecule has 15 heteroatoms. The minimum atomic E-state index is -1.67. The Morgan fingerprint density at radius 3 is 2.09 bits per heavy atom. The number of nitrogens with one attached hydrogen (secondary N) is 3. The van der Waals surface area contributed by atoms with E-state index in [1.165, 1.54) is 4.90 Å². The lowest BCUT2D eigenvalue weighted by atomic mass is 9.96. The Morgan fingerprint density at radius 1 is 0.907 bits per heavy atom. The number of nitrogens with zero attached hydrogens (tertiary/aromatic N) is 1. The van der Waals surface area contributed by atoms with Crippen molar-refractivity contribution in [2.24, 2.45) is 11.7 Å². The van der Waals surface area contributed by atoms with Gasteiger partial charge >= 0.3 is 17.9 Å². The molecule has 6 atom stereocenters. The summed E-state index contributed by atoms with van der Waals surface area (Å²) in [5, 5.41) is 35.0. The Morgan fingerprint density at radius 2 is 1.53 bits per heavy atom. The number of hydrogen-bond acceptors (Lipinski definition) is 8. The van der Waals surface area contributed by atoms with Crippen LogP contribution in [0.2, 0.25) is 0 Å². The van der Waals surface area contributed by atoms with Crippen molar-refractivity contribution in [1.82, 2.24) is 20.9 Å². The molecule has 0 aromatic heterocycles. The summed E-state index contributed by atoms with van der Waals surface area (Å²) in [5.41, 5.74) is 6.23. The van der Waals surface area contributed by atoms with Gasteiger partial charge in [0.1, 0.15) is 24.2 Å².